The molecule has 1 atom stereocenters. The number of rotatable bonds is 4. The molecule has 1 heterocycles. The van der Waals surface area contributed by atoms with Crippen molar-refractivity contribution < 1.29 is 27.8 Å². The van der Waals surface area contributed by atoms with Crippen molar-refractivity contribution in [1.82, 2.24) is 4.98 Å². The standard InChI is InChI=1S/C15H11ClF3NO3/c1-8(14(21)22)23-11-4-2-3-9(5-11)12-6-10(15(17,18)19)7-13(16)20-12/h2-8H,1H3,(H,21,22)/t8-/m1/s1. The average molecular weight is 346 g/mol. The van der Waals surface area contributed by atoms with E-state index >= 15 is 0 Å². The third-order valence-electron chi connectivity index (χ3n) is 2.91. The van der Waals surface area contributed by atoms with Gasteiger partial charge in [0.15, 0.2) is 6.10 Å². The van der Waals surface area contributed by atoms with Crippen LogP contribution in [-0.2, 0) is 11.0 Å². The molecule has 8 heteroatoms. The minimum absolute atomic E-state index is 0.0123. The Morgan fingerprint density at radius 1 is 1.30 bits per heavy atom. The van der Waals surface area contributed by atoms with Gasteiger partial charge in [-0.1, -0.05) is 23.7 Å². The minimum Gasteiger partial charge on any atom is -0.479 e. The van der Waals surface area contributed by atoms with Gasteiger partial charge in [-0.2, -0.15) is 13.2 Å². The summed E-state index contributed by atoms with van der Waals surface area (Å²) in [5.41, 5.74) is -0.580. The molecule has 122 valence electrons. The van der Waals surface area contributed by atoms with Gasteiger partial charge in [-0.05, 0) is 31.2 Å². The topological polar surface area (TPSA) is 59.4 Å². The molecule has 0 aliphatic carbocycles. The highest BCUT2D eigenvalue weighted by molar-refractivity contribution is 6.29. The van der Waals surface area contributed by atoms with Crippen molar-refractivity contribution in [3.05, 3.63) is 47.1 Å². The summed E-state index contributed by atoms with van der Waals surface area (Å²) in [5, 5.41) is 8.52. The smallest absolute Gasteiger partial charge is 0.416 e. The van der Waals surface area contributed by atoms with E-state index in [1.165, 1.54) is 31.2 Å². The second-order valence-electron chi connectivity index (χ2n) is 4.69. The van der Waals surface area contributed by atoms with Gasteiger partial charge in [-0.3, -0.25) is 0 Å². The molecular weight excluding hydrogens is 335 g/mol. The number of alkyl halides is 3. The number of hydrogen-bond acceptors (Lipinski definition) is 3. The molecule has 0 bridgehead atoms. The van der Waals surface area contributed by atoms with Gasteiger partial charge >= 0.3 is 12.1 Å². The van der Waals surface area contributed by atoms with Gasteiger partial charge in [-0.15, -0.1) is 0 Å². The molecule has 2 rings (SSSR count). The van der Waals surface area contributed by atoms with Gasteiger partial charge in [0.2, 0.25) is 0 Å². The number of benzene rings is 1. The second kappa shape index (κ2) is 6.45. The minimum atomic E-state index is -4.55. The summed E-state index contributed by atoms with van der Waals surface area (Å²) in [6.45, 7) is 1.34. The maximum absolute atomic E-state index is 12.8. The first-order valence-electron chi connectivity index (χ1n) is 6.41. The summed E-state index contributed by atoms with van der Waals surface area (Å²) in [7, 11) is 0. The van der Waals surface area contributed by atoms with E-state index in [2.05, 4.69) is 4.98 Å². The Labute approximate surface area is 134 Å². The summed E-state index contributed by atoms with van der Waals surface area (Å²) in [6.07, 6.45) is -5.64. The first-order valence-corrected chi connectivity index (χ1v) is 6.79. The number of hydrogen-bond donors (Lipinski definition) is 1. The van der Waals surface area contributed by atoms with Crippen molar-refractivity contribution in [2.45, 2.75) is 19.2 Å². The first-order chi connectivity index (χ1) is 10.7. The third-order valence-corrected chi connectivity index (χ3v) is 3.11. The number of carbonyl (C=O) groups is 1. The van der Waals surface area contributed by atoms with Gasteiger partial charge in [-0.25, -0.2) is 9.78 Å². The summed E-state index contributed by atoms with van der Waals surface area (Å²) < 4.78 is 43.7. The van der Waals surface area contributed by atoms with Crippen LogP contribution in [0.25, 0.3) is 11.3 Å². The highest BCUT2D eigenvalue weighted by Gasteiger charge is 2.31. The zero-order valence-electron chi connectivity index (χ0n) is 11.8. The number of halogens is 4. The first kappa shape index (κ1) is 17.1. The Bertz CT molecular complexity index is 734. The van der Waals surface area contributed by atoms with E-state index in [-0.39, 0.29) is 16.6 Å². The molecule has 0 saturated heterocycles. The molecule has 0 radical (unpaired) electrons. The van der Waals surface area contributed by atoms with Crippen molar-refractivity contribution in [2.75, 3.05) is 0 Å². The Morgan fingerprint density at radius 2 is 2.00 bits per heavy atom. The zero-order chi connectivity index (χ0) is 17.2. The van der Waals surface area contributed by atoms with E-state index in [0.717, 1.165) is 12.1 Å². The van der Waals surface area contributed by atoms with Gasteiger partial charge in [0.25, 0.3) is 0 Å². The monoisotopic (exact) mass is 345 g/mol. The lowest BCUT2D eigenvalue weighted by Gasteiger charge is -2.12. The van der Waals surface area contributed by atoms with Crippen molar-refractivity contribution in [3.63, 3.8) is 0 Å². The lowest BCUT2D eigenvalue weighted by Crippen LogP contribution is -2.22. The van der Waals surface area contributed by atoms with E-state index in [0.29, 0.717) is 5.56 Å². The van der Waals surface area contributed by atoms with Crippen LogP contribution in [0.2, 0.25) is 5.15 Å². The van der Waals surface area contributed by atoms with Gasteiger partial charge in [0.05, 0.1) is 11.3 Å². The number of aliphatic carboxylic acids is 1. The van der Waals surface area contributed by atoms with Crippen molar-refractivity contribution in [3.8, 4) is 17.0 Å². The normalized spacial score (nSPS) is 12.7. The van der Waals surface area contributed by atoms with Crippen LogP contribution in [0.1, 0.15) is 12.5 Å². The SMILES string of the molecule is C[C@@H](Oc1cccc(-c2cc(C(F)(F)F)cc(Cl)n2)c1)C(=O)O. The number of aromatic nitrogens is 1. The van der Waals surface area contributed by atoms with E-state index in [1.807, 2.05) is 0 Å². The fraction of sp³-hybridized carbons (Fsp3) is 0.200. The molecule has 23 heavy (non-hydrogen) atoms. The summed E-state index contributed by atoms with van der Waals surface area (Å²) in [4.78, 5) is 14.6. The molecular formula is C15H11ClF3NO3. The lowest BCUT2D eigenvalue weighted by molar-refractivity contribution is -0.144. The molecule has 4 nitrogen and oxygen atoms in total. The lowest BCUT2D eigenvalue weighted by atomic mass is 10.1. The van der Waals surface area contributed by atoms with Gasteiger partial charge in [0.1, 0.15) is 10.9 Å². The molecule has 0 fully saturated rings. The van der Waals surface area contributed by atoms with Gasteiger partial charge in [0, 0.05) is 5.56 Å². The maximum Gasteiger partial charge on any atom is 0.416 e. The number of carboxylic acid groups (broad SMARTS) is 1. The van der Waals surface area contributed by atoms with Crippen LogP contribution in [0, 0.1) is 0 Å². The molecule has 2 aromatic rings. The second-order valence-corrected chi connectivity index (χ2v) is 5.07. The molecule has 0 unspecified atom stereocenters. The predicted octanol–water partition coefficient (Wildman–Crippen LogP) is 4.27. The number of carboxylic acids is 1. The molecule has 0 aliphatic rings. The maximum atomic E-state index is 12.8. The Balaban J connectivity index is 2.39. The molecule has 0 amide bonds. The molecule has 0 spiro atoms. The number of pyridine rings is 1. The summed E-state index contributed by atoms with van der Waals surface area (Å²) in [6, 6.07) is 7.55. The predicted molar refractivity (Wildman–Crippen MR) is 77.4 cm³/mol. The zero-order valence-corrected chi connectivity index (χ0v) is 12.5. The quantitative estimate of drug-likeness (QED) is 0.841. The largest absolute Gasteiger partial charge is 0.479 e. The van der Waals surface area contributed by atoms with E-state index < -0.39 is 23.8 Å². The van der Waals surface area contributed by atoms with Crippen molar-refractivity contribution >= 4 is 17.6 Å². The van der Waals surface area contributed by atoms with Crippen LogP contribution in [0.5, 0.6) is 5.75 Å². The van der Waals surface area contributed by atoms with E-state index in [4.69, 9.17) is 21.4 Å². The van der Waals surface area contributed by atoms with Crippen LogP contribution in [0.4, 0.5) is 13.2 Å². The number of ether oxygens (including phenoxy) is 1. The Kier molecular flexibility index (Phi) is 4.79. The highest BCUT2D eigenvalue weighted by Crippen LogP contribution is 2.33. The van der Waals surface area contributed by atoms with Crippen LogP contribution < -0.4 is 4.74 Å². The van der Waals surface area contributed by atoms with Crippen LogP contribution in [-0.4, -0.2) is 22.2 Å². The Morgan fingerprint density at radius 3 is 2.61 bits per heavy atom. The Hall–Kier alpha value is -2.28. The molecule has 0 aliphatic heterocycles. The fourth-order valence-electron chi connectivity index (χ4n) is 1.79. The van der Waals surface area contributed by atoms with Crippen molar-refractivity contribution in [1.29, 1.82) is 0 Å². The highest BCUT2D eigenvalue weighted by atomic mass is 35.5. The molecule has 1 aromatic carbocycles. The van der Waals surface area contributed by atoms with E-state index in [9.17, 15) is 18.0 Å². The van der Waals surface area contributed by atoms with Crippen molar-refractivity contribution in [2.24, 2.45) is 0 Å². The summed E-state index contributed by atoms with van der Waals surface area (Å²) in [5.74, 6) is -0.955. The molecule has 0 saturated carbocycles. The van der Waals surface area contributed by atoms with E-state index in [1.54, 1.807) is 0 Å². The van der Waals surface area contributed by atoms with Crippen LogP contribution in [0.15, 0.2) is 36.4 Å². The average Bonchev–Trinajstić information content (AvgIpc) is 2.46. The molecule has 1 aromatic heterocycles. The third kappa shape index (κ3) is 4.35. The molecule has 1 N–H and O–H groups in total. The summed E-state index contributed by atoms with van der Waals surface area (Å²) >= 11 is 5.65. The number of nitrogens with zero attached hydrogens (tertiary/aromatic N) is 1. The fourth-order valence-corrected chi connectivity index (χ4v) is 2.00. The van der Waals surface area contributed by atoms with Crippen LogP contribution in [0.3, 0.4) is 0 Å². The van der Waals surface area contributed by atoms with Gasteiger partial charge < -0.3 is 9.84 Å². The van der Waals surface area contributed by atoms with Crippen LogP contribution >= 0.6 is 11.6 Å².